The first-order chi connectivity index (χ1) is 18.6. The molecule has 9 nitrogen and oxygen atoms in total. The molecule has 1 aliphatic rings. The van der Waals surface area contributed by atoms with Crippen LogP contribution in [0.4, 0.5) is 0 Å². The van der Waals surface area contributed by atoms with Crippen molar-refractivity contribution < 1.29 is 45.0 Å². The van der Waals surface area contributed by atoms with E-state index < -0.39 is 29.3 Å². The number of phenols is 6. The van der Waals surface area contributed by atoms with E-state index in [1.54, 1.807) is 12.1 Å². The van der Waals surface area contributed by atoms with Crippen LogP contribution >= 0.6 is 0 Å². The zero-order valence-corrected chi connectivity index (χ0v) is 20.1. The number of ketones is 2. The van der Waals surface area contributed by atoms with Gasteiger partial charge in [-0.1, -0.05) is 24.3 Å². The van der Waals surface area contributed by atoms with E-state index in [0.29, 0.717) is 11.1 Å². The zero-order chi connectivity index (χ0) is 27.8. The second-order valence-electron chi connectivity index (χ2n) is 9.03. The summed E-state index contributed by atoms with van der Waals surface area (Å²) in [5.41, 5.74) is 0.886. The first-order valence-corrected chi connectivity index (χ1v) is 11.8. The normalized spacial score (nSPS) is 16.6. The molecule has 39 heavy (non-hydrogen) atoms. The van der Waals surface area contributed by atoms with Gasteiger partial charge in [-0.3, -0.25) is 9.59 Å². The predicted octanol–water partition coefficient (Wildman–Crippen LogP) is 4.92. The number of carbonyl (C=O) groups is 2. The Morgan fingerprint density at radius 1 is 0.718 bits per heavy atom. The number of fused-ring (bicyclic) bond motifs is 1. The molecule has 2 unspecified atom stereocenters. The highest BCUT2D eigenvalue weighted by atomic mass is 16.5. The molecule has 0 bridgehead atoms. The van der Waals surface area contributed by atoms with E-state index >= 15 is 0 Å². The van der Waals surface area contributed by atoms with E-state index in [9.17, 15) is 40.2 Å². The molecule has 4 aromatic carbocycles. The van der Waals surface area contributed by atoms with Crippen LogP contribution in [0.25, 0.3) is 6.08 Å². The van der Waals surface area contributed by atoms with Gasteiger partial charge in [0.15, 0.2) is 11.6 Å². The summed E-state index contributed by atoms with van der Waals surface area (Å²) in [6.07, 6.45) is 1.63. The summed E-state index contributed by atoms with van der Waals surface area (Å²) in [6, 6.07) is 16.1. The highest BCUT2D eigenvalue weighted by molar-refractivity contribution is 6.09. The quantitative estimate of drug-likeness (QED) is 0.156. The summed E-state index contributed by atoms with van der Waals surface area (Å²) < 4.78 is 6.08. The molecule has 0 radical (unpaired) electrons. The molecule has 1 heterocycles. The Kier molecular flexibility index (Phi) is 6.33. The van der Waals surface area contributed by atoms with Crippen LogP contribution in [-0.2, 0) is 0 Å². The number of hydrogen-bond acceptors (Lipinski definition) is 9. The Bertz CT molecular complexity index is 1640. The van der Waals surface area contributed by atoms with Crippen LogP contribution in [0.3, 0.4) is 0 Å². The van der Waals surface area contributed by atoms with Gasteiger partial charge in [0.05, 0.1) is 11.5 Å². The van der Waals surface area contributed by atoms with Crippen LogP contribution in [0, 0.1) is 0 Å². The van der Waals surface area contributed by atoms with Gasteiger partial charge in [0.2, 0.25) is 0 Å². The lowest BCUT2D eigenvalue weighted by atomic mass is 9.80. The Morgan fingerprint density at radius 3 is 2.13 bits per heavy atom. The summed E-state index contributed by atoms with van der Waals surface area (Å²) in [5, 5.41) is 60.3. The van der Waals surface area contributed by atoms with Gasteiger partial charge in [0, 0.05) is 23.8 Å². The highest BCUT2D eigenvalue weighted by Crippen LogP contribution is 2.49. The molecule has 2 atom stereocenters. The minimum Gasteiger partial charge on any atom is -0.508 e. The van der Waals surface area contributed by atoms with E-state index in [2.05, 4.69) is 0 Å². The first-order valence-electron chi connectivity index (χ1n) is 11.8. The molecule has 1 aliphatic heterocycles. The topological polar surface area (TPSA) is 165 Å². The van der Waals surface area contributed by atoms with Gasteiger partial charge in [-0.05, 0) is 53.6 Å². The van der Waals surface area contributed by atoms with Crippen molar-refractivity contribution >= 4 is 17.6 Å². The monoisotopic (exact) mass is 526 g/mol. The van der Waals surface area contributed by atoms with Crippen LogP contribution < -0.4 is 4.74 Å². The molecule has 9 heteroatoms. The van der Waals surface area contributed by atoms with Gasteiger partial charge in [0.25, 0.3) is 0 Å². The average Bonchev–Trinajstić information content (AvgIpc) is 2.88. The standard InChI is InChI=1S/C30H22O9/c31-17-5-3-16(4-6-17)30-27(29(38)28-25(37)13-19(33)14-26(28)39-30)21-11-15(2-10-23(21)35)1-9-22(34)20-8-7-18(32)12-24(20)36/h1-14,27,30-33,35-37H. The lowest BCUT2D eigenvalue weighted by Crippen LogP contribution is -2.30. The fourth-order valence-electron chi connectivity index (χ4n) is 4.57. The van der Waals surface area contributed by atoms with Crippen molar-refractivity contribution in [3.8, 4) is 40.2 Å². The second kappa shape index (κ2) is 9.79. The predicted molar refractivity (Wildman–Crippen MR) is 140 cm³/mol. The summed E-state index contributed by atoms with van der Waals surface area (Å²) in [6.45, 7) is 0. The molecule has 0 saturated heterocycles. The Balaban J connectivity index is 1.57. The number of Topliss-reactive ketones (excluding diaryl/α,β-unsaturated/α-hetero) is 1. The number of phenolic OH excluding ortho intramolecular Hbond substituents is 6. The minimum atomic E-state index is -1.15. The molecule has 0 spiro atoms. The van der Waals surface area contributed by atoms with E-state index in [0.717, 1.165) is 12.1 Å². The van der Waals surface area contributed by atoms with E-state index in [1.165, 1.54) is 60.7 Å². The molecule has 0 saturated carbocycles. The number of allylic oxidation sites excluding steroid dienone is 1. The number of rotatable bonds is 5. The fraction of sp³-hybridized carbons (Fsp3) is 0.0667. The Labute approximate surface area is 221 Å². The van der Waals surface area contributed by atoms with E-state index in [1.807, 2.05) is 0 Å². The van der Waals surface area contributed by atoms with Crippen molar-refractivity contribution in [2.45, 2.75) is 12.0 Å². The third-order valence-electron chi connectivity index (χ3n) is 6.43. The maximum atomic E-state index is 13.8. The second-order valence-corrected chi connectivity index (χ2v) is 9.03. The van der Waals surface area contributed by atoms with Crippen LogP contribution in [-0.4, -0.2) is 42.2 Å². The molecule has 6 N–H and O–H groups in total. The first kappa shape index (κ1) is 25.2. The van der Waals surface area contributed by atoms with Gasteiger partial charge in [0.1, 0.15) is 51.9 Å². The summed E-state index contributed by atoms with van der Waals surface area (Å²) in [7, 11) is 0. The van der Waals surface area contributed by atoms with Gasteiger partial charge >= 0.3 is 0 Å². The Morgan fingerprint density at radius 2 is 1.41 bits per heavy atom. The van der Waals surface area contributed by atoms with Gasteiger partial charge in [-0.15, -0.1) is 0 Å². The van der Waals surface area contributed by atoms with Crippen LogP contribution in [0.1, 0.15) is 49.4 Å². The zero-order valence-electron chi connectivity index (χ0n) is 20.1. The van der Waals surface area contributed by atoms with Crippen molar-refractivity contribution in [1.29, 1.82) is 0 Å². The average molecular weight is 526 g/mol. The van der Waals surface area contributed by atoms with Crippen molar-refractivity contribution in [1.82, 2.24) is 0 Å². The maximum absolute atomic E-state index is 13.8. The van der Waals surface area contributed by atoms with Crippen LogP contribution in [0.2, 0.25) is 0 Å². The smallest absolute Gasteiger partial charge is 0.189 e. The van der Waals surface area contributed by atoms with Gasteiger partial charge in [-0.25, -0.2) is 0 Å². The van der Waals surface area contributed by atoms with Crippen LogP contribution in [0.15, 0.2) is 78.9 Å². The largest absolute Gasteiger partial charge is 0.508 e. The van der Waals surface area contributed by atoms with E-state index in [4.69, 9.17) is 4.74 Å². The molecule has 196 valence electrons. The SMILES string of the molecule is O=C(C=Cc1ccc(O)c(C2C(=O)c3c(O)cc(O)cc3OC2c2ccc(O)cc2)c1)c1ccc(O)cc1O. The molecule has 0 aromatic heterocycles. The van der Waals surface area contributed by atoms with Crippen molar-refractivity contribution in [3.05, 3.63) is 107 Å². The third-order valence-corrected chi connectivity index (χ3v) is 6.43. The lowest BCUT2D eigenvalue weighted by Gasteiger charge is -2.34. The molecule has 4 aromatic rings. The maximum Gasteiger partial charge on any atom is 0.189 e. The fourth-order valence-corrected chi connectivity index (χ4v) is 4.57. The van der Waals surface area contributed by atoms with Gasteiger partial charge in [-0.2, -0.15) is 0 Å². The number of carbonyl (C=O) groups excluding carboxylic acids is 2. The summed E-state index contributed by atoms with van der Waals surface area (Å²) in [5.74, 6) is -3.92. The number of benzene rings is 4. The molecule has 0 amide bonds. The third kappa shape index (κ3) is 4.80. The van der Waals surface area contributed by atoms with Crippen molar-refractivity contribution in [3.63, 3.8) is 0 Å². The van der Waals surface area contributed by atoms with Crippen molar-refractivity contribution in [2.24, 2.45) is 0 Å². The number of aromatic hydroxyl groups is 6. The summed E-state index contributed by atoms with van der Waals surface area (Å²) >= 11 is 0. The molecule has 0 aliphatic carbocycles. The summed E-state index contributed by atoms with van der Waals surface area (Å²) in [4.78, 5) is 26.4. The van der Waals surface area contributed by atoms with E-state index in [-0.39, 0.29) is 51.2 Å². The molecule has 0 fully saturated rings. The molecular weight excluding hydrogens is 504 g/mol. The highest BCUT2D eigenvalue weighted by Gasteiger charge is 2.42. The number of hydrogen-bond donors (Lipinski definition) is 6. The Hall–Kier alpha value is -5.44. The van der Waals surface area contributed by atoms with Gasteiger partial charge < -0.3 is 35.4 Å². The van der Waals surface area contributed by atoms with Crippen molar-refractivity contribution in [2.75, 3.05) is 0 Å². The van der Waals surface area contributed by atoms with Crippen LogP contribution in [0.5, 0.6) is 40.2 Å². The minimum absolute atomic E-state index is 0.00700. The lowest BCUT2D eigenvalue weighted by molar-refractivity contribution is 0.0772. The molecular formula is C30H22O9. The molecule has 5 rings (SSSR count). The number of ether oxygens (including phenoxy) is 1.